The third-order valence-corrected chi connectivity index (χ3v) is 4.66. The molecule has 0 radical (unpaired) electrons. The van der Waals surface area contributed by atoms with Crippen molar-refractivity contribution >= 4 is 5.97 Å². The average molecular weight is 360 g/mol. The van der Waals surface area contributed by atoms with E-state index in [2.05, 4.69) is 0 Å². The minimum atomic E-state index is -0.775. The molecule has 27 heavy (non-hydrogen) atoms. The summed E-state index contributed by atoms with van der Waals surface area (Å²) in [4.78, 5) is 10.8. The van der Waals surface area contributed by atoms with Gasteiger partial charge in [-0.1, -0.05) is 72.8 Å². The van der Waals surface area contributed by atoms with E-state index in [4.69, 9.17) is 5.11 Å². The van der Waals surface area contributed by atoms with Crippen molar-refractivity contribution in [2.24, 2.45) is 0 Å². The van der Waals surface area contributed by atoms with Gasteiger partial charge in [-0.2, -0.15) is 0 Å². The van der Waals surface area contributed by atoms with Gasteiger partial charge in [0.05, 0.1) is 0 Å². The van der Waals surface area contributed by atoms with Crippen LogP contribution in [0.15, 0.2) is 72.8 Å². The van der Waals surface area contributed by atoms with Crippen LogP contribution in [0.25, 0.3) is 0 Å². The van der Waals surface area contributed by atoms with Gasteiger partial charge in [-0.25, -0.2) is 0 Å². The van der Waals surface area contributed by atoms with Crippen LogP contribution >= 0.6 is 0 Å². The first kappa shape index (κ1) is 18.7. The molecule has 3 nitrogen and oxygen atoms in total. The Hall–Kier alpha value is -3.07. The second-order valence-corrected chi connectivity index (χ2v) is 6.83. The largest absolute Gasteiger partial charge is 0.507 e. The number of hydrogen-bond donors (Lipinski definition) is 2. The van der Waals surface area contributed by atoms with Crippen LogP contribution in [0.5, 0.6) is 5.75 Å². The number of aryl methyl sites for hydroxylation is 1. The van der Waals surface area contributed by atoms with Crippen LogP contribution in [0.4, 0.5) is 0 Å². The van der Waals surface area contributed by atoms with E-state index in [9.17, 15) is 9.90 Å². The topological polar surface area (TPSA) is 57.5 Å². The van der Waals surface area contributed by atoms with Crippen LogP contribution in [-0.2, 0) is 24.1 Å². The molecular formula is C24H24O3. The zero-order chi connectivity index (χ0) is 19.1. The summed E-state index contributed by atoms with van der Waals surface area (Å²) in [6.07, 6.45) is 2.75. The molecule has 0 spiro atoms. The monoisotopic (exact) mass is 360 g/mol. The highest BCUT2D eigenvalue weighted by atomic mass is 16.4. The fourth-order valence-electron chi connectivity index (χ4n) is 3.32. The fourth-order valence-corrected chi connectivity index (χ4v) is 3.32. The summed E-state index contributed by atoms with van der Waals surface area (Å²) in [6.45, 7) is 0. The van der Waals surface area contributed by atoms with Crippen LogP contribution in [0.2, 0.25) is 0 Å². The molecule has 0 saturated heterocycles. The number of carboxylic acid groups (broad SMARTS) is 1. The van der Waals surface area contributed by atoms with Crippen molar-refractivity contribution < 1.29 is 15.0 Å². The van der Waals surface area contributed by atoms with Crippen molar-refractivity contribution in [2.45, 2.75) is 32.1 Å². The normalized spacial score (nSPS) is 10.7. The van der Waals surface area contributed by atoms with E-state index in [0.29, 0.717) is 31.4 Å². The van der Waals surface area contributed by atoms with Gasteiger partial charge in [0, 0.05) is 19.3 Å². The van der Waals surface area contributed by atoms with E-state index in [1.807, 2.05) is 72.8 Å². The van der Waals surface area contributed by atoms with Gasteiger partial charge in [0.2, 0.25) is 0 Å². The van der Waals surface area contributed by atoms with E-state index >= 15 is 0 Å². The van der Waals surface area contributed by atoms with E-state index in [1.165, 1.54) is 0 Å². The molecule has 0 saturated carbocycles. The molecular weight excluding hydrogens is 336 g/mol. The molecule has 0 aliphatic rings. The minimum absolute atomic E-state index is 0.156. The Morgan fingerprint density at radius 2 is 1.22 bits per heavy atom. The van der Waals surface area contributed by atoms with Crippen molar-refractivity contribution in [3.05, 3.63) is 101 Å². The summed E-state index contributed by atoms with van der Waals surface area (Å²) in [5, 5.41) is 19.7. The number of aromatic hydroxyl groups is 1. The zero-order valence-electron chi connectivity index (χ0n) is 15.3. The molecule has 3 rings (SSSR count). The second kappa shape index (κ2) is 9.04. The standard InChI is InChI=1S/C24H24O3/c25-23(26)13-7-12-20-16-21(14-18-8-3-1-4-9-18)24(27)22(17-20)15-19-10-5-2-6-11-19/h1-6,8-11,16-17,27H,7,12-15H2,(H,25,26). The summed E-state index contributed by atoms with van der Waals surface area (Å²) in [6, 6.07) is 24.2. The minimum Gasteiger partial charge on any atom is -0.507 e. The van der Waals surface area contributed by atoms with E-state index < -0.39 is 5.97 Å². The molecule has 0 aromatic heterocycles. The quantitative estimate of drug-likeness (QED) is 0.595. The molecule has 3 aromatic carbocycles. The molecule has 138 valence electrons. The van der Waals surface area contributed by atoms with E-state index in [-0.39, 0.29) is 6.42 Å². The molecule has 0 amide bonds. The van der Waals surface area contributed by atoms with E-state index in [0.717, 1.165) is 27.8 Å². The highest BCUT2D eigenvalue weighted by molar-refractivity contribution is 5.66. The van der Waals surface area contributed by atoms with Gasteiger partial charge in [-0.05, 0) is 40.7 Å². The van der Waals surface area contributed by atoms with Gasteiger partial charge in [0.1, 0.15) is 5.75 Å². The maximum Gasteiger partial charge on any atom is 0.303 e. The number of rotatable bonds is 8. The van der Waals surface area contributed by atoms with Gasteiger partial charge in [-0.15, -0.1) is 0 Å². The highest BCUT2D eigenvalue weighted by Crippen LogP contribution is 2.29. The summed E-state index contributed by atoms with van der Waals surface area (Å²) in [5.74, 6) is -0.438. The van der Waals surface area contributed by atoms with E-state index in [1.54, 1.807) is 0 Å². The zero-order valence-corrected chi connectivity index (χ0v) is 15.3. The third-order valence-electron chi connectivity index (χ3n) is 4.66. The van der Waals surface area contributed by atoms with Gasteiger partial charge < -0.3 is 10.2 Å². The van der Waals surface area contributed by atoms with Crippen molar-refractivity contribution in [1.29, 1.82) is 0 Å². The SMILES string of the molecule is O=C(O)CCCc1cc(Cc2ccccc2)c(O)c(Cc2ccccc2)c1. The number of carboxylic acids is 1. The third kappa shape index (κ3) is 5.45. The molecule has 2 N–H and O–H groups in total. The molecule has 0 bridgehead atoms. The lowest BCUT2D eigenvalue weighted by molar-refractivity contribution is -0.137. The van der Waals surface area contributed by atoms with Gasteiger partial charge in [0.25, 0.3) is 0 Å². The fraction of sp³-hybridized carbons (Fsp3) is 0.208. The smallest absolute Gasteiger partial charge is 0.303 e. The summed E-state index contributed by atoms with van der Waals surface area (Å²) < 4.78 is 0. The molecule has 3 heteroatoms. The maximum absolute atomic E-state index is 10.9. The number of aliphatic carboxylic acids is 1. The summed E-state index contributed by atoms with van der Waals surface area (Å²) >= 11 is 0. The Morgan fingerprint density at radius 3 is 1.67 bits per heavy atom. The second-order valence-electron chi connectivity index (χ2n) is 6.83. The van der Waals surface area contributed by atoms with Crippen molar-refractivity contribution in [3.63, 3.8) is 0 Å². The highest BCUT2D eigenvalue weighted by Gasteiger charge is 2.12. The molecule has 0 aliphatic heterocycles. The predicted octanol–water partition coefficient (Wildman–Crippen LogP) is 4.98. The molecule has 0 fully saturated rings. The van der Waals surface area contributed by atoms with Crippen molar-refractivity contribution in [2.75, 3.05) is 0 Å². The molecule has 0 heterocycles. The van der Waals surface area contributed by atoms with Gasteiger partial charge >= 0.3 is 5.97 Å². The lowest BCUT2D eigenvalue weighted by Gasteiger charge is -2.14. The molecule has 0 aliphatic carbocycles. The van der Waals surface area contributed by atoms with Crippen LogP contribution < -0.4 is 0 Å². The molecule has 3 aromatic rings. The molecule has 0 unspecified atom stereocenters. The number of benzene rings is 3. The Bertz CT molecular complexity index is 824. The van der Waals surface area contributed by atoms with Crippen LogP contribution in [0.3, 0.4) is 0 Å². The maximum atomic E-state index is 10.9. The van der Waals surface area contributed by atoms with Crippen LogP contribution in [0, 0.1) is 0 Å². The Balaban J connectivity index is 1.90. The van der Waals surface area contributed by atoms with Crippen LogP contribution in [0.1, 0.15) is 40.7 Å². The Kier molecular flexibility index (Phi) is 6.26. The summed E-state index contributed by atoms with van der Waals surface area (Å²) in [5.41, 5.74) is 5.13. The average Bonchev–Trinajstić information content (AvgIpc) is 2.67. The van der Waals surface area contributed by atoms with Gasteiger partial charge in [0.15, 0.2) is 0 Å². The van der Waals surface area contributed by atoms with Crippen molar-refractivity contribution in [3.8, 4) is 5.75 Å². The predicted molar refractivity (Wildman–Crippen MR) is 107 cm³/mol. The first-order chi connectivity index (χ1) is 13.1. The lowest BCUT2D eigenvalue weighted by Crippen LogP contribution is -2.00. The summed E-state index contributed by atoms with van der Waals surface area (Å²) in [7, 11) is 0. The number of hydrogen-bond acceptors (Lipinski definition) is 2. The van der Waals surface area contributed by atoms with Gasteiger partial charge in [-0.3, -0.25) is 4.79 Å². The van der Waals surface area contributed by atoms with Crippen LogP contribution in [-0.4, -0.2) is 16.2 Å². The Morgan fingerprint density at radius 1 is 0.741 bits per heavy atom. The van der Waals surface area contributed by atoms with Crippen molar-refractivity contribution in [1.82, 2.24) is 0 Å². The first-order valence-corrected chi connectivity index (χ1v) is 9.25. The number of phenolic OH excluding ortho intramolecular Hbond substituents is 1. The lowest BCUT2D eigenvalue weighted by atomic mass is 9.93. The Labute approximate surface area is 159 Å². The first-order valence-electron chi connectivity index (χ1n) is 9.25. The molecule has 0 atom stereocenters. The number of phenols is 1. The number of carbonyl (C=O) groups is 1.